The van der Waals surface area contributed by atoms with Crippen molar-refractivity contribution in [1.29, 1.82) is 5.41 Å². The van der Waals surface area contributed by atoms with Crippen molar-refractivity contribution >= 4 is 11.7 Å². The molecule has 0 fully saturated rings. The molecule has 1 aliphatic heterocycles. The number of aliphatic imine (C=N–C) groups is 1. The number of nitrogens with two attached hydrogens (primary N) is 1. The molecule has 0 spiro atoms. The van der Waals surface area contributed by atoms with Gasteiger partial charge in [0.15, 0.2) is 5.84 Å². The van der Waals surface area contributed by atoms with E-state index < -0.39 is 0 Å². The van der Waals surface area contributed by atoms with Gasteiger partial charge < -0.3 is 10.5 Å². The predicted molar refractivity (Wildman–Crippen MR) is 82.8 cm³/mol. The third-order valence-electron chi connectivity index (χ3n) is 3.56. The van der Waals surface area contributed by atoms with Gasteiger partial charge in [0, 0.05) is 11.1 Å². The lowest BCUT2D eigenvalue weighted by Gasteiger charge is -2.15. The molecule has 2 rings (SSSR count). The summed E-state index contributed by atoms with van der Waals surface area (Å²) in [7, 11) is 0. The predicted octanol–water partition coefficient (Wildman–Crippen LogP) is 3.47. The van der Waals surface area contributed by atoms with Crippen LogP contribution in [0.2, 0.25) is 0 Å². The Bertz CT molecular complexity index is 522. The van der Waals surface area contributed by atoms with E-state index in [1.165, 1.54) is 25.7 Å². The van der Waals surface area contributed by atoms with Crippen LogP contribution in [-0.2, 0) is 0 Å². The Morgan fingerprint density at radius 3 is 2.80 bits per heavy atom. The minimum atomic E-state index is 0.193. The second-order valence-electron chi connectivity index (χ2n) is 5.33. The lowest BCUT2D eigenvalue weighted by molar-refractivity contribution is 0.206. The van der Waals surface area contributed by atoms with Crippen LogP contribution in [0, 0.1) is 5.41 Å². The van der Waals surface area contributed by atoms with Crippen LogP contribution in [0.25, 0.3) is 0 Å². The zero-order valence-corrected chi connectivity index (χ0v) is 12.3. The first-order valence-corrected chi connectivity index (χ1v) is 7.36. The monoisotopic (exact) mass is 273 g/mol. The summed E-state index contributed by atoms with van der Waals surface area (Å²) in [6, 6.07) is 5.65. The number of hydrogen-bond donors (Lipinski definition) is 2. The minimum absolute atomic E-state index is 0.193. The van der Waals surface area contributed by atoms with Gasteiger partial charge in [0.1, 0.15) is 11.6 Å². The van der Waals surface area contributed by atoms with Crippen molar-refractivity contribution in [3.8, 4) is 5.75 Å². The van der Waals surface area contributed by atoms with Crippen LogP contribution in [0.15, 0.2) is 23.2 Å². The first kappa shape index (κ1) is 14.6. The molecule has 1 aromatic rings. The van der Waals surface area contributed by atoms with Crippen LogP contribution in [-0.4, -0.2) is 17.8 Å². The van der Waals surface area contributed by atoms with Crippen molar-refractivity contribution in [2.75, 3.05) is 0 Å². The Balaban J connectivity index is 1.92. The maximum absolute atomic E-state index is 7.77. The van der Waals surface area contributed by atoms with Crippen LogP contribution < -0.4 is 10.5 Å². The molecule has 1 aromatic carbocycles. The van der Waals surface area contributed by atoms with Gasteiger partial charge in [0.05, 0.1) is 6.10 Å². The first-order chi connectivity index (χ1) is 9.61. The largest absolute Gasteiger partial charge is 0.491 e. The number of benzene rings is 1. The van der Waals surface area contributed by atoms with Gasteiger partial charge >= 0.3 is 0 Å². The van der Waals surface area contributed by atoms with Crippen molar-refractivity contribution < 1.29 is 4.74 Å². The first-order valence-electron chi connectivity index (χ1n) is 7.36. The second kappa shape index (κ2) is 6.55. The SMILES string of the molecule is CCCCCCC(C)Oc1ccc2c(c1)C(=N)N=C2N. The highest BCUT2D eigenvalue weighted by atomic mass is 16.5. The number of unbranched alkanes of at least 4 members (excludes halogenated alkanes) is 3. The molecular formula is C16H23N3O. The maximum atomic E-state index is 7.77. The van der Waals surface area contributed by atoms with Crippen LogP contribution in [0.4, 0.5) is 0 Å². The third kappa shape index (κ3) is 3.38. The molecule has 1 heterocycles. The average molecular weight is 273 g/mol. The third-order valence-corrected chi connectivity index (χ3v) is 3.56. The number of hydrogen-bond acceptors (Lipinski definition) is 3. The molecule has 108 valence electrons. The number of ether oxygens (including phenoxy) is 1. The van der Waals surface area contributed by atoms with E-state index in [4.69, 9.17) is 15.9 Å². The topological polar surface area (TPSA) is 71.5 Å². The van der Waals surface area contributed by atoms with Gasteiger partial charge in [-0.1, -0.05) is 26.2 Å². The van der Waals surface area contributed by atoms with Crippen molar-refractivity contribution in [3.05, 3.63) is 29.3 Å². The molecule has 0 saturated carbocycles. The number of amidine groups is 2. The van der Waals surface area contributed by atoms with Gasteiger partial charge in [0.25, 0.3) is 0 Å². The van der Waals surface area contributed by atoms with Crippen molar-refractivity contribution in [2.45, 2.75) is 52.1 Å². The van der Waals surface area contributed by atoms with Crippen molar-refractivity contribution in [3.63, 3.8) is 0 Å². The molecule has 4 heteroatoms. The number of nitrogens with zero attached hydrogens (tertiary/aromatic N) is 1. The highest BCUT2D eigenvalue weighted by Gasteiger charge is 2.19. The van der Waals surface area contributed by atoms with Gasteiger partial charge in [-0.05, 0) is 38.0 Å². The fraction of sp³-hybridized carbons (Fsp3) is 0.500. The molecule has 3 N–H and O–H groups in total. The highest BCUT2D eigenvalue weighted by Crippen LogP contribution is 2.24. The number of fused-ring (bicyclic) bond motifs is 1. The molecule has 0 aliphatic carbocycles. The van der Waals surface area contributed by atoms with E-state index in [2.05, 4.69) is 18.8 Å². The van der Waals surface area contributed by atoms with E-state index in [0.29, 0.717) is 5.84 Å². The fourth-order valence-corrected chi connectivity index (χ4v) is 2.41. The van der Waals surface area contributed by atoms with E-state index in [1.54, 1.807) is 0 Å². The van der Waals surface area contributed by atoms with Crippen LogP contribution >= 0.6 is 0 Å². The Kier molecular flexibility index (Phi) is 4.77. The van der Waals surface area contributed by atoms with E-state index in [-0.39, 0.29) is 11.9 Å². The molecule has 0 radical (unpaired) electrons. The van der Waals surface area contributed by atoms with Crippen molar-refractivity contribution in [2.24, 2.45) is 10.7 Å². The molecule has 1 aliphatic rings. The molecule has 0 saturated heterocycles. The quantitative estimate of drug-likeness (QED) is 0.747. The highest BCUT2D eigenvalue weighted by molar-refractivity contribution is 6.20. The van der Waals surface area contributed by atoms with Gasteiger partial charge in [0.2, 0.25) is 0 Å². The smallest absolute Gasteiger partial charge is 0.155 e. The van der Waals surface area contributed by atoms with Gasteiger partial charge in [-0.15, -0.1) is 0 Å². The van der Waals surface area contributed by atoms with E-state index in [9.17, 15) is 0 Å². The van der Waals surface area contributed by atoms with Gasteiger partial charge in [-0.2, -0.15) is 0 Å². The zero-order valence-electron chi connectivity index (χ0n) is 12.3. The standard InChI is InChI=1S/C16H23N3O/c1-3-4-5-6-7-11(2)20-12-8-9-13-14(10-12)16(18)19-15(13)17/h8-11H,3-7H2,1-2H3,(H3,17,18,19). The summed E-state index contributed by atoms with van der Waals surface area (Å²) >= 11 is 0. The molecule has 1 unspecified atom stereocenters. The lowest BCUT2D eigenvalue weighted by atomic mass is 10.1. The Hall–Kier alpha value is -1.84. The Morgan fingerprint density at radius 1 is 1.25 bits per heavy atom. The molecular weight excluding hydrogens is 250 g/mol. The molecule has 0 bridgehead atoms. The summed E-state index contributed by atoms with van der Waals surface area (Å²) in [5.74, 6) is 1.43. The summed E-state index contributed by atoms with van der Waals surface area (Å²) in [6.45, 7) is 4.31. The number of rotatable bonds is 7. The Labute approximate surface area is 120 Å². The van der Waals surface area contributed by atoms with E-state index in [0.717, 1.165) is 23.3 Å². The summed E-state index contributed by atoms with van der Waals surface area (Å²) in [6.07, 6.45) is 6.27. The van der Waals surface area contributed by atoms with Crippen LogP contribution in [0.5, 0.6) is 5.75 Å². The molecule has 0 aromatic heterocycles. The summed E-state index contributed by atoms with van der Waals surface area (Å²) < 4.78 is 5.91. The minimum Gasteiger partial charge on any atom is -0.491 e. The molecule has 4 nitrogen and oxygen atoms in total. The fourth-order valence-electron chi connectivity index (χ4n) is 2.41. The Morgan fingerprint density at radius 2 is 2.05 bits per heavy atom. The molecule has 1 atom stereocenters. The summed E-state index contributed by atoms with van der Waals surface area (Å²) in [5, 5.41) is 7.77. The zero-order chi connectivity index (χ0) is 14.5. The van der Waals surface area contributed by atoms with Crippen LogP contribution in [0.1, 0.15) is 57.1 Å². The van der Waals surface area contributed by atoms with Gasteiger partial charge in [-0.25, -0.2) is 4.99 Å². The maximum Gasteiger partial charge on any atom is 0.155 e. The molecule has 0 amide bonds. The normalized spacial score (nSPS) is 14.9. The number of nitrogens with one attached hydrogen (secondary N) is 1. The van der Waals surface area contributed by atoms with Gasteiger partial charge in [-0.3, -0.25) is 5.41 Å². The van der Waals surface area contributed by atoms with E-state index in [1.807, 2.05) is 18.2 Å². The lowest BCUT2D eigenvalue weighted by Crippen LogP contribution is -2.13. The van der Waals surface area contributed by atoms with Crippen molar-refractivity contribution in [1.82, 2.24) is 0 Å². The summed E-state index contributed by atoms with van der Waals surface area (Å²) in [5.41, 5.74) is 7.34. The molecule has 20 heavy (non-hydrogen) atoms. The van der Waals surface area contributed by atoms with E-state index >= 15 is 0 Å². The summed E-state index contributed by atoms with van der Waals surface area (Å²) in [4.78, 5) is 3.97. The average Bonchev–Trinajstić information content (AvgIpc) is 2.70. The van der Waals surface area contributed by atoms with Crippen LogP contribution in [0.3, 0.4) is 0 Å². The second-order valence-corrected chi connectivity index (χ2v) is 5.33.